The van der Waals surface area contributed by atoms with Crippen LogP contribution in [0.2, 0.25) is 0 Å². The Morgan fingerprint density at radius 3 is 2.59 bits per heavy atom. The van der Waals surface area contributed by atoms with Gasteiger partial charge in [-0.25, -0.2) is 4.79 Å². The van der Waals surface area contributed by atoms with Crippen molar-refractivity contribution in [3.63, 3.8) is 0 Å². The van der Waals surface area contributed by atoms with Crippen LogP contribution in [0.3, 0.4) is 0 Å². The van der Waals surface area contributed by atoms with Crippen LogP contribution in [0.1, 0.15) is 11.1 Å². The molecule has 0 N–H and O–H groups in total. The number of carbonyl (C=O) groups excluding carboxylic acids is 3. The van der Waals surface area contributed by atoms with Gasteiger partial charge in [0.25, 0.3) is 11.1 Å². The quantitative estimate of drug-likeness (QED) is 0.326. The van der Waals surface area contributed by atoms with Gasteiger partial charge in [0, 0.05) is 0 Å². The Labute approximate surface area is 197 Å². The van der Waals surface area contributed by atoms with Crippen LogP contribution in [0.5, 0.6) is 5.75 Å². The summed E-state index contributed by atoms with van der Waals surface area (Å²) in [6, 6.07) is 19.0. The summed E-state index contributed by atoms with van der Waals surface area (Å²) in [4.78, 5) is 38.2. The highest BCUT2D eigenvalue weighted by Crippen LogP contribution is 2.35. The second-order valence-electron chi connectivity index (χ2n) is 7.00. The Kier molecular flexibility index (Phi) is 6.62. The molecule has 0 aromatic heterocycles. The van der Waals surface area contributed by atoms with Crippen LogP contribution in [0.15, 0.2) is 70.0 Å². The fourth-order valence-corrected chi connectivity index (χ4v) is 4.58. The number of hydrogen-bond donors (Lipinski definition) is 0. The summed E-state index contributed by atoms with van der Waals surface area (Å²) in [5, 5.41) is 1.87. The molecule has 4 rings (SSSR count). The number of amides is 2. The molecule has 1 aliphatic heterocycles. The molecule has 3 aromatic carbocycles. The first-order valence-corrected chi connectivity index (χ1v) is 11.3. The van der Waals surface area contributed by atoms with Gasteiger partial charge in [-0.3, -0.25) is 14.5 Å². The molecule has 1 heterocycles. The first-order valence-electron chi connectivity index (χ1n) is 9.67. The van der Waals surface area contributed by atoms with E-state index in [9.17, 15) is 14.4 Å². The highest BCUT2D eigenvalue weighted by atomic mass is 79.9. The minimum atomic E-state index is -0.485. The number of rotatable bonds is 6. The summed E-state index contributed by atoms with van der Waals surface area (Å²) in [5.41, 5.74) is 1.61. The van der Waals surface area contributed by atoms with E-state index in [2.05, 4.69) is 20.7 Å². The Morgan fingerprint density at radius 2 is 1.84 bits per heavy atom. The van der Waals surface area contributed by atoms with Crippen LogP contribution in [-0.4, -0.2) is 35.7 Å². The van der Waals surface area contributed by atoms with Crippen LogP contribution < -0.4 is 4.74 Å². The Hall–Kier alpha value is -3.10. The maximum absolute atomic E-state index is 12.9. The lowest BCUT2D eigenvalue weighted by Gasteiger charge is -2.13. The molecular formula is C24H18BrNO5S. The SMILES string of the molecule is COC(=O)COc1ccc(C=C2SC(=O)N(Cc3ccc4ccccc4c3)C2=O)cc1Br. The fraction of sp³-hybridized carbons (Fsp3) is 0.125. The van der Waals surface area contributed by atoms with E-state index in [1.54, 1.807) is 24.3 Å². The molecular weight excluding hydrogens is 494 g/mol. The Balaban J connectivity index is 1.49. The van der Waals surface area contributed by atoms with Crippen molar-refractivity contribution in [3.8, 4) is 5.75 Å². The Bertz CT molecular complexity index is 1260. The molecule has 0 atom stereocenters. The Morgan fingerprint density at radius 1 is 1.06 bits per heavy atom. The van der Waals surface area contributed by atoms with Gasteiger partial charge in [-0.2, -0.15) is 0 Å². The third-order valence-electron chi connectivity index (χ3n) is 4.86. The summed E-state index contributed by atoms with van der Waals surface area (Å²) in [5.74, 6) is -0.340. The number of ether oxygens (including phenoxy) is 2. The third kappa shape index (κ3) is 4.87. The van der Waals surface area contributed by atoms with E-state index in [-0.39, 0.29) is 24.3 Å². The van der Waals surface area contributed by atoms with Crippen molar-refractivity contribution in [2.24, 2.45) is 0 Å². The maximum atomic E-state index is 12.9. The zero-order valence-electron chi connectivity index (χ0n) is 17.0. The summed E-state index contributed by atoms with van der Waals surface area (Å²) < 4.78 is 10.6. The molecule has 1 aliphatic rings. The summed E-state index contributed by atoms with van der Waals surface area (Å²) >= 11 is 4.31. The molecule has 0 unspecified atom stereocenters. The van der Waals surface area contributed by atoms with Crippen molar-refractivity contribution in [1.82, 2.24) is 4.90 Å². The van der Waals surface area contributed by atoms with Gasteiger partial charge in [0.2, 0.25) is 0 Å². The number of benzene rings is 3. The van der Waals surface area contributed by atoms with E-state index >= 15 is 0 Å². The zero-order chi connectivity index (χ0) is 22.7. The number of hydrogen-bond acceptors (Lipinski definition) is 6. The minimum Gasteiger partial charge on any atom is -0.481 e. The molecule has 162 valence electrons. The number of nitrogens with zero attached hydrogens (tertiary/aromatic N) is 1. The van der Waals surface area contributed by atoms with Crippen LogP contribution in [0.25, 0.3) is 16.8 Å². The smallest absolute Gasteiger partial charge is 0.343 e. The number of carbonyl (C=O) groups is 3. The van der Waals surface area contributed by atoms with Crippen molar-refractivity contribution in [1.29, 1.82) is 0 Å². The monoisotopic (exact) mass is 511 g/mol. The molecule has 2 amide bonds. The van der Waals surface area contributed by atoms with Gasteiger partial charge < -0.3 is 9.47 Å². The molecule has 1 saturated heterocycles. The first-order chi connectivity index (χ1) is 15.4. The molecule has 0 bridgehead atoms. The van der Waals surface area contributed by atoms with Gasteiger partial charge in [0.05, 0.1) is 23.0 Å². The number of fused-ring (bicyclic) bond motifs is 1. The van der Waals surface area contributed by atoms with E-state index < -0.39 is 5.97 Å². The fourth-order valence-electron chi connectivity index (χ4n) is 3.23. The van der Waals surface area contributed by atoms with E-state index in [0.29, 0.717) is 15.1 Å². The van der Waals surface area contributed by atoms with Crippen molar-refractivity contribution >= 4 is 61.7 Å². The molecule has 3 aromatic rings. The minimum absolute atomic E-state index is 0.206. The highest BCUT2D eigenvalue weighted by molar-refractivity contribution is 9.10. The highest BCUT2D eigenvalue weighted by Gasteiger charge is 2.35. The van der Waals surface area contributed by atoms with Crippen LogP contribution in [0.4, 0.5) is 4.79 Å². The lowest BCUT2D eigenvalue weighted by molar-refractivity contribution is -0.142. The van der Waals surface area contributed by atoms with Crippen LogP contribution >= 0.6 is 27.7 Å². The summed E-state index contributed by atoms with van der Waals surface area (Å²) in [6.45, 7) is 0.0128. The third-order valence-corrected chi connectivity index (χ3v) is 6.38. The second-order valence-corrected chi connectivity index (χ2v) is 8.85. The van der Waals surface area contributed by atoms with Crippen molar-refractivity contribution in [2.75, 3.05) is 13.7 Å². The number of methoxy groups -OCH3 is 1. The normalized spacial score (nSPS) is 14.9. The molecule has 0 saturated carbocycles. The first kappa shape index (κ1) is 22.1. The van der Waals surface area contributed by atoms with Crippen LogP contribution in [0, 0.1) is 0 Å². The molecule has 0 spiro atoms. The summed E-state index contributed by atoms with van der Waals surface area (Å²) in [6.07, 6.45) is 1.67. The van der Waals surface area contributed by atoms with Gasteiger partial charge in [-0.15, -0.1) is 0 Å². The number of imide groups is 1. The second kappa shape index (κ2) is 9.58. The topological polar surface area (TPSA) is 72.9 Å². The van der Waals surface area contributed by atoms with E-state index in [1.165, 1.54) is 12.0 Å². The number of esters is 1. The predicted molar refractivity (Wildman–Crippen MR) is 127 cm³/mol. The standard InChI is InChI=1S/C24H18BrNO5S/c1-30-22(27)14-31-20-9-7-15(11-19(20)25)12-21-23(28)26(24(29)32-21)13-16-6-8-17-4-2-3-5-18(17)10-16/h2-12H,13-14H2,1H3. The van der Waals surface area contributed by atoms with Crippen molar-refractivity contribution < 1.29 is 23.9 Å². The van der Waals surface area contributed by atoms with Gasteiger partial charge in [0.1, 0.15) is 5.75 Å². The molecule has 32 heavy (non-hydrogen) atoms. The van der Waals surface area contributed by atoms with Crippen molar-refractivity contribution in [3.05, 3.63) is 81.2 Å². The van der Waals surface area contributed by atoms with Gasteiger partial charge in [0.15, 0.2) is 6.61 Å². The zero-order valence-corrected chi connectivity index (χ0v) is 19.4. The molecule has 6 nitrogen and oxygen atoms in total. The van der Waals surface area contributed by atoms with E-state index in [0.717, 1.165) is 33.7 Å². The largest absolute Gasteiger partial charge is 0.481 e. The molecule has 0 aliphatic carbocycles. The predicted octanol–water partition coefficient (Wildman–Crippen LogP) is 5.39. The van der Waals surface area contributed by atoms with Crippen LogP contribution in [-0.2, 0) is 20.9 Å². The average Bonchev–Trinajstić information content (AvgIpc) is 3.05. The lowest BCUT2D eigenvalue weighted by atomic mass is 10.1. The number of halogens is 1. The van der Waals surface area contributed by atoms with E-state index in [4.69, 9.17) is 4.74 Å². The van der Waals surface area contributed by atoms with Gasteiger partial charge >= 0.3 is 5.97 Å². The molecule has 0 radical (unpaired) electrons. The van der Waals surface area contributed by atoms with Gasteiger partial charge in [-0.1, -0.05) is 42.5 Å². The maximum Gasteiger partial charge on any atom is 0.343 e. The number of thioether (sulfide) groups is 1. The average molecular weight is 512 g/mol. The van der Waals surface area contributed by atoms with Gasteiger partial charge in [-0.05, 0) is 73.9 Å². The van der Waals surface area contributed by atoms with E-state index in [1.807, 2.05) is 42.5 Å². The summed E-state index contributed by atoms with van der Waals surface area (Å²) in [7, 11) is 1.29. The lowest BCUT2D eigenvalue weighted by Crippen LogP contribution is -2.27. The van der Waals surface area contributed by atoms with Crippen molar-refractivity contribution in [2.45, 2.75) is 6.54 Å². The molecule has 8 heteroatoms. The molecule has 1 fully saturated rings.